The molecule has 0 aliphatic carbocycles. The summed E-state index contributed by atoms with van der Waals surface area (Å²) in [7, 11) is 0. The molecule has 21 heavy (non-hydrogen) atoms. The molecule has 2 aromatic rings. The first-order valence-corrected chi connectivity index (χ1v) is 7.23. The van der Waals surface area contributed by atoms with E-state index in [0.29, 0.717) is 16.8 Å². The Bertz CT molecular complexity index is 719. The summed E-state index contributed by atoms with van der Waals surface area (Å²) in [4.78, 5) is 26.8. The summed E-state index contributed by atoms with van der Waals surface area (Å²) in [6.07, 6.45) is 0.256. The number of H-pyrrole nitrogens is 1. The Morgan fingerprint density at radius 1 is 1.38 bits per heavy atom. The third-order valence-corrected chi connectivity index (χ3v) is 4.48. The molecule has 1 aliphatic rings. The topological polar surface area (TPSA) is 91.4 Å². The van der Waals surface area contributed by atoms with Gasteiger partial charge in [0.1, 0.15) is 5.69 Å². The number of para-hydroxylation sites is 1. The number of aromatic nitrogens is 1. The summed E-state index contributed by atoms with van der Waals surface area (Å²) in [5, 5.41) is 12.8. The van der Waals surface area contributed by atoms with Crippen LogP contribution in [0.25, 0.3) is 10.9 Å². The summed E-state index contributed by atoms with van der Waals surface area (Å²) in [6.45, 7) is 0.298. The first kappa shape index (κ1) is 14.1. The van der Waals surface area contributed by atoms with Gasteiger partial charge in [0, 0.05) is 23.9 Å². The summed E-state index contributed by atoms with van der Waals surface area (Å²) in [6, 6.07) is 7.45. The van der Waals surface area contributed by atoms with Crippen molar-refractivity contribution in [2.24, 2.45) is 0 Å². The number of rotatable bonds is 3. The second-order valence-electron chi connectivity index (χ2n) is 5.00. The summed E-state index contributed by atoms with van der Waals surface area (Å²) in [5.41, 5.74) is -0.237. The lowest BCUT2D eigenvalue weighted by molar-refractivity contribution is -0.144. The van der Waals surface area contributed by atoms with Crippen molar-refractivity contribution in [2.75, 3.05) is 13.2 Å². The molecule has 1 saturated heterocycles. The van der Waals surface area contributed by atoms with Crippen LogP contribution < -0.4 is 5.32 Å². The van der Waals surface area contributed by atoms with Crippen LogP contribution >= 0.6 is 15.9 Å². The lowest BCUT2D eigenvalue weighted by Crippen LogP contribution is -2.55. The molecule has 1 aliphatic heterocycles. The smallest absolute Gasteiger partial charge is 0.331 e. The van der Waals surface area contributed by atoms with Crippen LogP contribution in [0.1, 0.15) is 16.9 Å². The molecular weight excluding hydrogens is 340 g/mol. The number of hydrogen-bond acceptors (Lipinski definition) is 3. The van der Waals surface area contributed by atoms with Crippen molar-refractivity contribution >= 4 is 38.7 Å². The minimum atomic E-state index is -1.35. The molecule has 110 valence electrons. The Hall–Kier alpha value is -1.86. The number of carbonyl (C=O) groups is 2. The predicted molar refractivity (Wildman–Crippen MR) is 79.3 cm³/mol. The number of carboxylic acids is 1. The van der Waals surface area contributed by atoms with E-state index in [-0.39, 0.29) is 13.0 Å². The van der Waals surface area contributed by atoms with Gasteiger partial charge in [-0.1, -0.05) is 18.2 Å². The van der Waals surface area contributed by atoms with Crippen LogP contribution in [-0.4, -0.2) is 40.7 Å². The molecule has 0 saturated carbocycles. The Morgan fingerprint density at radius 2 is 2.14 bits per heavy atom. The molecule has 0 spiro atoms. The summed E-state index contributed by atoms with van der Waals surface area (Å²) < 4.78 is 5.75. The van der Waals surface area contributed by atoms with Gasteiger partial charge in [-0.2, -0.15) is 0 Å². The SMILES string of the molecule is O=C(NC1(C(=O)O)CCOC1)c1[nH]c2ccccc2c1Br. The number of nitrogens with one attached hydrogen (secondary N) is 2. The summed E-state index contributed by atoms with van der Waals surface area (Å²) in [5.74, 6) is -1.55. The zero-order chi connectivity index (χ0) is 15.0. The number of halogens is 1. The Balaban J connectivity index is 1.94. The van der Waals surface area contributed by atoms with Crippen molar-refractivity contribution in [3.8, 4) is 0 Å². The number of aliphatic carboxylic acids is 1. The number of amides is 1. The lowest BCUT2D eigenvalue weighted by Gasteiger charge is -2.23. The van der Waals surface area contributed by atoms with Gasteiger partial charge in [0.25, 0.3) is 5.91 Å². The molecule has 1 amide bonds. The molecule has 6 nitrogen and oxygen atoms in total. The van der Waals surface area contributed by atoms with E-state index < -0.39 is 17.4 Å². The molecule has 0 bridgehead atoms. The summed E-state index contributed by atoms with van der Waals surface area (Å²) >= 11 is 3.39. The van der Waals surface area contributed by atoms with Gasteiger partial charge in [0.15, 0.2) is 5.54 Å². The normalized spacial score (nSPS) is 21.6. The minimum Gasteiger partial charge on any atom is -0.479 e. The molecule has 0 radical (unpaired) electrons. The highest BCUT2D eigenvalue weighted by Gasteiger charge is 2.44. The average molecular weight is 353 g/mol. The lowest BCUT2D eigenvalue weighted by atomic mass is 9.99. The molecule has 2 heterocycles. The molecular formula is C14H13BrN2O4. The Kier molecular flexibility index (Phi) is 3.46. The fraction of sp³-hybridized carbons (Fsp3) is 0.286. The van der Waals surface area contributed by atoms with Crippen LogP contribution in [0.2, 0.25) is 0 Å². The van der Waals surface area contributed by atoms with Crippen LogP contribution in [-0.2, 0) is 9.53 Å². The van der Waals surface area contributed by atoms with Gasteiger partial charge in [0.2, 0.25) is 0 Å². The average Bonchev–Trinajstić information content (AvgIpc) is 3.05. The third kappa shape index (κ3) is 2.32. The second-order valence-corrected chi connectivity index (χ2v) is 5.80. The maximum absolute atomic E-state index is 12.4. The van der Waals surface area contributed by atoms with Crippen LogP contribution in [0, 0.1) is 0 Å². The number of hydrogen-bond donors (Lipinski definition) is 3. The zero-order valence-electron chi connectivity index (χ0n) is 11.0. The fourth-order valence-corrected chi connectivity index (χ4v) is 3.05. The van der Waals surface area contributed by atoms with Crippen LogP contribution in [0.3, 0.4) is 0 Å². The fourth-order valence-electron chi connectivity index (χ4n) is 2.43. The van der Waals surface area contributed by atoms with Crippen molar-refractivity contribution in [1.82, 2.24) is 10.3 Å². The van der Waals surface area contributed by atoms with Crippen LogP contribution in [0.5, 0.6) is 0 Å². The van der Waals surface area contributed by atoms with Crippen LogP contribution in [0.15, 0.2) is 28.7 Å². The number of aromatic amines is 1. The van der Waals surface area contributed by atoms with Gasteiger partial charge < -0.3 is 20.1 Å². The van der Waals surface area contributed by atoms with E-state index in [1.165, 1.54) is 0 Å². The molecule has 3 rings (SSSR count). The highest BCUT2D eigenvalue weighted by atomic mass is 79.9. The third-order valence-electron chi connectivity index (χ3n) is 3.65. The van der Waals surface area contributed by atoms with E-state index in [0.717, 1.165) is 10.9 Å². The predicted octanol–water partition coefficient (Wildman–Crippen LogP) is 1.90. The van der Waals surface area contributed by atoms with E-state index in [4.69, 9.17) is 4.74 Å². The highest BCUT2D eigenvalue weighted by molar-refractivity contribution is 9.10. The van der Waals surface area contributed by atoms with Gasteiger partial charge in [0.05, 0.1) is 11.1 Å². The minimum absolute atomic E-state index is 0.0219. The molecule has 1 aromatic heterocycles. The largest absolute Gasteiger partial charge is 0.479 e. The number of ether oxygens (including phenoxy) is 1. The van der Waals surface area contributed by atoms with Gasteiger partial charge in [-0.05, 0) is 22.0 Å². The maximum atomic E-state index is 12.4. The van der Waals surface area contributed by atoms with E-state index in [2.05, 4.69) is 26.2 Å². The van der Waals surface area contributed by atoms with Gasteiger partial charge >= 0.3 is 5.97 Å². The molecule has 3 N–H and O–H groups in total. The van der Waals surface area contributed by atoms with Crippen molar-refractivity contribution in [3.05, 3.63) is 34.4 Å². The Labute approximate surface area is 128 Å². The van der Waals surface area contributed by atoms with Gasteiger partial charge in [-0.15, -0.1) is 0 Å². The van der Waals surface area contributed by atoms with Crippen molar-refractivity contribution < 1.29 is 19.4 Å². The van der Waals surface area contributed by atoms with Gasteiger partial charge in [-0.3, -0.25) is 4.79 Å². The molecule has 1 fully saturated rings. The van der Waals surface area contributed by atoms with Crippen LogP contribution in [0.4, 0.5) is 0 Å². The van der Waals surface area contributed by atoms with Crippen molar-refractivity contribution in [1.29, 1.82) is 0 Å². The van der Waals surface area contributed by atoms with Gasteiger partial charge in [-0.25, -0.2) is 4.79 Å². The Morgan fingerprint density at radius 3 is 2.76 bits per heavy atom. The first-order valence-electron chi connectivity index (χ1n) is 6.43. The van der Waals surface area contributed by atoms with E-state index in [9.17, 15) is 14.7 Å². The monoisotopic (exact) mass is 352 g/mol. The van der Waals surface area contributed by atoms with Crippen molar-refractivity contribution in [3.63, 3.8) is 0 Å². The maximum Gasteiger partial charge on any atom is 0.331 e. The standard InChI is InChI=1S/C14H13BrN2O4/c15-10-8-3-1-2-4-9(8)16-11(10)12(18)17-14(13(19)20)5-6-21-7-14/h1-4,16H,5-7H2,(H,17,18)(H,19,20). The molecule has 7 heteroatoms. The second kappa shape index (κ2) is 5.16. The number of fused-ring (bicyclic) bond motifs is 1. The van der Waals surface area contributed by atoms with E-state index in [1.807, 2.05) is 24.3 Å². The molecule has 1 atom stereocenters. The first-order chi connectivity index (χ1) is 10.0. The van der Waals surface area contributed by atoms with E-state index in [1.54, 1.807) is 0 Å². The molecule has 1 unspecified atom stereocenters. The molecule has 1 aromatic carbocycles. The highest BCUT2D eigenvalue weighted by Crippen LogP contribution is 2.28. The number of carboxylic acid groups (broad SMARTS) is 1. The number of carbonyl (C=O) groups excluding carboxylic acids is 1. The van der Waals surface area contributed by atoms with E-state index >= 15 is 0 Å². The quantitative estimate of drug-likeness (QED) is 0.786. The number of benzene rings is 1. The zero-order valence-corrected chi connectivity index (χ0v) is 12.6. The van der Waals surface area contributed by atoms with Crippen molar-refractivity contribution in [2.45, 2.75) is 12.0 Å².